The molecule has 0 amide bonds. The summed E-state index contributed by atoms with van der Waals surface area (Å²) in [5.41, 5.74) is 1.43. The van der Waals surface area contributed by atoms with Gasteiger partial charge < -0.3 is 9.84 Å². The Bertz CT molecular complexity index is 1410. The second-order valence-corrected chi connectivity index (χ2v) is 10.1. The molecule has 4 aromatic carbocycles. The third kappa shape index (κ3) is 4.72. The molecule has 6 heteroatoms. The van der Waals surface area contributed by atoms with E-state index in [0.29, 0.717) is 17.1 Å². The van der Waals surface area contributed by atoms with E-state index in [4.69, 9.17) is 4.74 Å². The third-order valence-corrected chi connectivity index (χ3v) is 7.23. The molecule has 5 nitrogen and oxygen atoms in total. The Labute approximate surface area is 199 Å². The maximum Gasteiger partial charge on any atom is 0.206 e. The number of phenols is 1. The monoisotopic (exact) mass is 472 g/mol. The van der Waals surface area contributed by atoms with Crippen molar-refractivity contribution in [2.24, 2.45) is 0 Å². The normalized spacial score (nSPS) is 11.4. The molecule has 0 saturated heterocycles. The topological polar surface area (TPSA) is 80.7 Å². The first-order chi connectivity index (χ1) is 16.3. The van der Waals surface area contributed by atoms with Gasteiger partial charge in [-0.3, -0.25) is 4.79 Å². The molecule has 1 N–H and O–H groups in total. The minimum absolute atomic E-state index is 0.00987. The van der Waals surface area contributed by atoms with Crippen LogP contribution in [0.25, 0.3) is 0 Å². The number of ketones is 1. The van der Waals surface area contributed by atoms with Crippen LogP contribution in [0, 0.1) is 0 Å². The van der Waals surface area contributed by atoms with Gasteiger partial charge in [0, 0.05) is 11.6 Å². The lowest BCUT2D eigenvalue weighted by molar-refractivity contribution is 0.103. The standard InChI is InChI=1S/C28H24O5S/c1-19(2)24-17-25(28(30)20-9-5-3-6-10-20)26(29)18-27(24)33-21-13-15-23(16-14-21)34(31,32)22-11-7-4-8-12-22/h3-19,29H,1-2H3. The van der Waals surface area contributed by atoms with Gasteiger partial charge in [0.05, 0.1) is 15.4 Å². The van der Waals surface area contributed by atoms with Crippen molar-refractivity contribution in [1.29, 1.82) is 0 Å². The van der Waals surface area contributed by atoms with Gasteiger partial charge in [-0.2, -0.15) is 0 Å². The van der Waals surface area contributed by atoms with Crippen LogP contribution in [0.1, 0.15) is 41.3 Å². The molecule has 172 valence electrons. The summed E-state index contributed by atoms with van der Waals surface area (Å²) in [6.07, 6.45) is 0. The van der Waals surface area contributed by atoms with E-state index >= 15 is 0 Å². The Balaban J connectivity index is 1.64. The molecule has 0 aliphatic heterocycles. The summed E-state index contributed by atoms with van der Waals surface area (Å²) in [6, 6.07) is 26.2. The number of sulfone groups is 1. The SMILES string of the molecule is CC(C)c1cc(C(=O)c2ccccc2)c(O)cc1Oc1ccc(S(=O)(=O)c2ccccc2)cc1. The summed E-state index contributed by atoms with van der Waals surface area (Å²) in [5, 5.41) is 10.6. The number of benzene rings is 4. The maximum atomic E-state index is 12.9. The molecular weight excluding hydrogens is 448 g/mol. The number of carbonyl (C=O) groups is 1. The van der Waals surface area contributed by atoms with Crippen LogP contribution in [0.3, 0.4) is 0 Å². The summed E-state index contributed by atoms with van der Waals surface area (Å²) in [6.45, 7) is 3.93. The molecule has 0 spiro atoms. The number of hydrogen-bond donors (Lipinski definition) is 1. The second-order valence-electron chi connectivity index (χ2n) is 8.15. The van der Waals surface area contributed by atoms with Gasteiger partial charge in [0.2, 0.25) is 9.84 Å². The smallest absolute Gasteiger partial charge is 0.206 e. The predicted octanol–water partition coefficient (Wildman–Crippen LogP) is 6.37. The number of hydrogen-bond acceptors (Lipinski definition) is 5. The van der Waals surface area contributed by atoms with Gasteiger partial charge in [0.1, 0.15) is 17.2 Å². The van der Waals surface area contributed by atoms with E-state index in [0.717, 1.165) is 5.56 Å². The molecule has 34 heavy (non-hydrogen) atoms. The lowest BCUT2D eigenvalue weighted by Crippen LogP contribution is -2.05. The highest BCUT2D eigenvalue weighted by atomic mass is 32.2. The lowest BCUT2D eigenvalue weighted by atomic mass is 9.95. The van der Waals surface area contributed by atoms with Crippen molar-refractivity contribution in [3.63, 3.8) is 0 Å². The van der Waals surface area contributed by atoms with Crippen LogP contribution in [-0.2, 0) is 9.84 Å². The highest BCUT2D eigenvalue weighted by molar-refractivity contribution is 7.91. The van der Waals surface area contributed by atoms with Gasteiger partial charge in [-0.15, -0.1) is 0 Å². The highest BCUT2D eigenvalue weighted by Gasteiger charge is 2.20. The van der Waals surface area contributed by atoms with E-state index in [1.807, 2.05) is 19.9 Å². The Hall–Kier alpha value is -3.90. The maximum absolute atomic E-state index is 12.9. The van der Waals surface area contributed by atoms with Crippen molar-refractivity contribution in [1.82, 2.24) is 0 Å². The van der Waals surface area contributed by atoms with Gasteiger partial charge in [0.15, 0.2) is 5.78 Å². The molecule has 0 fully saturated rings. The van der Waals surface area contributed by atoms with E-state index in [-0.39, 0.29) is 32.8 Å². The second kappa shape index (κ2) is 9.53. The summed E-state index contributed by atoms with van der Waals surface area (Å²) < 4.78 is 31.6. The summed E-state index contributed by atoms with van der Waals surface area (Å²) in [5.74, 6) is 0.362. The zero-order chi connectivity index (χ0) is 24.3. The molecule has 0 atom stereocenters. The minimum Gasteiger partial charge on any atom is -0.507 e. The van der Waals surface area contributed by atoms with Crippen molar-refractivity contribution >= 4 is 15.6 Å². The van der Waals surface area contributed by atoms with Crippen molar-refractivity contribution in [3.8, 4) is 17.2 Å². The third-order valence-electron chi connectivity index (χ3n) is 5.45. The number of phenolic OH excluding ortho intramolecular Hbond substituents is 1. The first kappa shape index (κ1) is 23.3. The van der Waals surface area contributed by atoms with Gasteiger partial charge in [0.25, 0.3) is 0 Å². The van der Waals surface area contributed by atoms with E-state index in [1.165, 1.54) is 18.2 Å². The Morgan fingerprint density at radius 2 is 1.35 bits per heavy atom. The molecular formula is C28H24O5S. The van der Waals surface area contributed by atoms with E-state index in [2.05, 4.69) is 0 Å². The average Bonchev–Trinajstić information content (AvgIpc) is 2.85. The van der Waals surface area contributed by atoms with E-state index in [9.17, 15) is 18.3 Å². The largest absolute Gasteiger partial charge is 0.507 e. The predicted molar refractivity (Wildman–Crippen MR) is 130 cm³/mol. The molecule has 0 radical (unpaired) electrons. The summed E-state index contributed by atoms with van der Waals surface area (Å²) >= 11 is 0. The fourth-order valence-corrected chi connectivity index (χ4v) is 4.88. The molecule has 0 saturated carbocycles. The molecule has 4 aromatic rings. The van der Waals surface area contributed by atoms with Crippen molar-refractivity contribution in [2.75, 3.05) is 0 Å². The number of aromatic hydroxyl groups is 1. The Morgan fingerprint density at radius 3 is 1.94 bits per heavy atom. The number of carbonyl (C=O) groups excluding carboxylic acids is 1. The van der Waals surface area contributed by atoms with Crippen LogP contribution in [-0.4, -0.2) is 19.3 Å². The summed E-state index contributed by atoms with van der Waals surface area (Å²) in [4.78, 5) is 13.3. The average molecular weight is 473 g/mol. The van der Waals surface area contributed by atoms with Crippen molar-refractivity contribution < 1.29 is 23.1 Å². The van der Waals surface area contributed by atoms with Crippen LogP contribution in [0.5, 0.6) is 17.2 Å². The van der Waals surface area contributed by atoms with E-state index in [1.54, 1.807) is 72.8 Å². The zero-order valence-electron chi connectivity index (χ0n) is 18.8. The first-order valence-corrected chi connectivity index (χ1v) is 12.3. The highest BCUT2D eigenvalue weighted by Crippen LogP contribution is 2.37. The van der Waals surface area contributed by atoms with Crippen LogP contribution < -0.4 is 4.74 Å². The van der Waals surface area contributed by atoms with Crippen molar-refractivity contribution in [2.45, 2.75) is 29.6 Å². The molecule has 0 aliphatic carbocycles. The molecule has 4 rings (SSSR count). The summed E-state index contributed by atoms with van der Waals surface area (Å²) in [7, 11) is -3.63. The van der Waals surface area contributed by atoms with Crippen LogP contribution >= 0.6 is 0 Å². The fraction of sp³-hybridized carbons (Fsp3) is 0.107. The lowest BCUT2D eigenvalue weighted by Gasteiger charge is -2.17. The van der Waals surface area contributed by atoms with Gasteiger partial charge in [-0.25, -0.2) is 8.42 Å². The molecule has 0 bridgehead atoms. The van der Waals surface area contributed by atoms with E-state index < -0.39 is 9.84 Å². The Kier molecular flexibility index (Phi) is 6.52. The van der Waals surface area contributed by atoms with Crippen LogP contribution in [0.4, 0.5) is 0 Å². The van der Waals surface area contributed by atoms with Gasteiger partial charge >= 0.3 is 0 Å². The van der Waals surface area contributed by atoms with Gasteiger partial charge in [-0.05, 0) is 53.9 Å². The molecule has 0 unspecified atom stereocenters. The number of ether oxygens (including phenoxy) is 1. The quantitative estimate of drug-likeness (QED) is 0.316. The Morgan fingerprint density at radius 1 is 0.794 bits per heavy atom. The van der Waals surface area contributed by atoms with Crippen molar-refractivity contribution in [3.05, 3.63) is 114 Å². The fourth-order valence-electron chi connectivity index (χ4n) is 3.60. The van der Waals surface area contributed by atoms with Gasteiger partial charge in [-0.1, -0.05) is 62.4 Å². The molecule has 0 aliphatic rings. The molecule has 0 heterocycles. The van der Waals surface area contributed by atoms with Crippen LogP contribution in [0.2, 0.25) is 0 Å². The molecule has 0 aromatic heterocycles. The zero-order valence-corrected chi connectivity index (χ0v) is 19.6. The number of rotatable bonds is 7. The first-order valence-electron chi connectivity index (χ1n) is 10.8. The minimum atomic E-state index is -3.63. The van der Waals surface area contributed by atoms with Crippen LogP contribution in [0.15, 0.2) is 107 Å².